The summed E-state index contributed by atoms with van der Waals surface area (Å²) in [6, 6.07) is 5.66. The standard InChI is InChI=1S/C25H32N6O3.C7H8F2.C2H6/c1-5-27-24(34)25(19-7-6-8-26-13-19)10-17-9-20(28-12-18(17)11-25)30-21(32)14-31-16(4)29-22(15(2)3)23(31)33;8-6-2-1-3-7(9)5-4-6;1-2/h6-9,12-13,15-16,21,32H,5,10-11,14H2,1-4H3,(H,27,34)(H,28,30);1-3,6H,4-5H2;1-2H3. The van der Waals surface area contributed by atoms with Crippen molar-refractivity contribution >= 4 is 23.3 Å². The Hall–Kier alpha value is -3.99. The average molecular weight is 625 g/mol. The third kappa shape index (κ3) is 8.81. The van der Waals surface area contributed by atoms with Gasteiger partial charge in [0.05, 0.1) is 12.0 Å². The van der Waals surface area contributed by atoms with E-state index in [4.69, 9.17) is 0 Å². The third-order valence-electron chi connectivity index (χ3n) is 7.80. The number of halogens is 2. The number of likely N-dealkylation sites (N-methyl/N-ethyl adjacent to an activating group) is 1. The molecule has 4 unspecified atom stereocenters. The fourth-order valence-corrected chi connectivity index (χ4v) is 5.53. The number of hydrogen-bond donors (Lipinski definition) is 3. The van der Waals surface area contributed by atoms with Gasteiger partial charge in [-0.2, -0.15) is 0 Å². The monoisotopic (exact) mass is 624 g/mol. The SMILES string of the molecule is CC.CCNC(=O)C1(c2cccnc2)Cc2cnc(NC(O)CN3C(=O)C(C(C)C)=NC3C)cc2C1.FC1=CC=CC(F)CC1. The van der Waals surface area contributed by atoms with Crippen LogP contribution in [-0.4, -0.2) is 69.2 Å². The number of alkyl halides is 1. The number of carbonyl (C=O) groups excluding carboxylic acids is 2. The van der Waals surface area contributed by atoms with E-state index >= 15 is 0 Å². The minimum atomic E-state index is -1.01. The Morgan fingerprint density at radius 1 is 1.22 bits per heavy atom. The molecule has 2 aliphatic carbocycles. The quantitative estimate of drug-likeness (QED) is 0.347. The van der Waals surface area contributed by atoms with E-state index in [1.807, 2.05) is 59.7 Å². The molecule has 1 aliphatic heterocycles. The van der Waals surface area contributed by atoms with Crippen molar-refractivity contribution in [2.24, 2.45) is 10.9 Å². The maximum Gasteiger partial charge on any atom is 0.269 e. The van der Waals surface area contributed by atoms with Crippen molar-refractivity contribution in [3.05, 3.63) is 77.5 Å². The Morgan fingerprint density at radius 3 is 2.60 bits per heavy atom. The maximum absolute atomic E-state index is 13.2. The number of aliphatic imine (C=N–C) groups is 1. The number of rotatable bonds is 8. The van der Waals surface area contributed by atoms with Gasteiger partial charge in [-0.15, -0.1) is 0 Å². The number of allylic oxidation sites excluding steroid dienone is 4. The Balaban J connectivity index is 0.000000427. The predicted octanol–water partition coefficient (Wildman–Crippen LogP) is 5.22. The molecule has 2 aromatic heterocycles. The number of nitrogens with zero attached hydrogens (tertiary/aromatic N) is 4. The zero-order chi connectivity index (χ0) is 33.1. The second-order valence-corrected chi connectivity index (χ2v) is 11.3. The van der Waals surface area contributed by atoms with Gasteiger partial charge in [0, 0.05) is 37.5 Å². The summed E-state index contributed by atoms with van der Waals surface area (Å²) in [5.74, 6) is 0.123. The number of carbonyl (C=O) groups is 2. The Morgan fingerprint density at radius 2 is 1.96 bits per heavy atom. The van der Waals surface area contributed by atoms with Crippen LogP contribution < -0.4 is 10.6 Å². The lowest BCUT2D eigenvalue weighted by atomic mass is 9.77. The smallest absolute Gasteiger partial charge is 0.269 e. The summed E-state index contributed by atoms with van der Waals surface area (Å²) >= 11 is 0. The number of aromatic nitrogens is 2. The highest BCUT2D eigenvalue weighted by Crippen LogP contribution is 2.40. The first kappa shape index (κ1) is 35.5. The number of amides is 2. The van der Waals surface area contributed by atoms with Crippen LogP contribution in [0.5, 0.6) is 0 Å². The van der Waals surface area contributed by atoms with Crippen LogP contribution in [0.25, 0.3) is 0 Å². The van der Waals surface area contributed by atoms with E-state index in [0.29, 0.717) is 30.9 Å². The van der Waals surface area contributed by atoms with Crippen LogP contribution in [0.3, 0.4) is 0 Å². The second kappa shape index (κ2) is 16.4. The van der Waals surface area contributed by atoms with Crippen molar-refractivity contribution in [2.45, 2.75) is 91.2 Å². The number of β-amino-alcohol motifs (C(OH)–C–C–N with tert-alkyl or cyclic N) is 1. The van der Waals surface area contributed by atoms with E-state index in [-0.39, 0.29) is 49.1 Å². The molecule has 0 aromatic carbocycles. The normalized spacial score (nSPS) is 22.6. The number of anilines is 1. The molecule has 9 nitrogen and oxygen atoms in total. The van der Waals surface area contributed by atoms with Crippen molar-refractivity contribution in [1.82, 2.24) is 20.2 Å². The van der Waals surface area contributed by atoms with Gasteiger partial charge in [0.1, 0.15) is 35.9 Å². The van der Waals surface area contributed by atoms with E-state index in [1.165, 1.54) is 18.2 Å². The number of hydrogen-bond acceptors (Lipinski definition) is 7. The molecule has 3 N–H and O–H groups in total. The fourth-order valence-electron chi connectivity index (χ4n) is 5.53. The fraction of sp³-hybridized carbons (Fsp3) is 0.500. The molecule has 2 aromatic rings. The lowest BCUT2D eigenvalue weighted by Crippen LogP contribution is -2.45. The molecule has 3 aliphatic rings. The van der Waals surface area contributed by atoms with E-state index in [0.717, 1.165) is 16.7 Å². The molecule has 3 heterocycles. The van der Waals surface area contributed by atoms with E-state index in [9.17, 15) is 23.5 Å². The molecule has 4 atom stereocenters. The summed E-state index contributed by atoms with van der Waals surface area (Å²) in [5, 5.41) is 16.6. The third-order valence-corrected chi connectivity index (χ3v) is 7.80. The van der Waals surface area contributed by atoms with Gasteiger partial charge in [-0.3, -0.25) is 19.6 Å². The molecule has 0 spiro atoms. The lowest BCUT2D eigenvalue weighted by Gasteiger charge is -2.27. The van der Waals surface area contributed by atoms with Crippen molar-refractivity contribution in [3.63, 3.8) is 0 Å². The van der Waals surface area contributed by atoms with Crippen molar-refractivity contribution in [2.75, 3.05) is 18.4 Å². The summed E-state index contributed by atoms with van der Waals surface area (Å²) in [6.45, 7) is 12.3. The van der Waals surface area contributed by atoms with Gasteiger partial charge in [0.25, 0.3) is 5.91 Å². The minimum Gasteiger partial charge on any atom is -0.372 e. The Labute approximate surface area is 265 Å². The molecule has 0 fully saturated rings. The van der Waals surface area contributed by atoms with Gasteiger partial charge in [-0.1, -0.05) is 45.9 Å². The van der Waals surface area contributed by atoms with Gasteiger partial charge in [0.15, 0.2) is 0 Å². The van der Waals surface area contributed by atoms with Crippen LogP contribution in [0.15, 0.2) is 65.8 Å². The number of aliphatic hydroxyl groups is 1. The topological polar surface area (TPSA) is 120 Å². The molecular formula is C34H46F2N6O3. The van der Waals surface area contributed by atoms with E-state index in [2.05, 4.69) is 25.6 Å². The maximum atomic E-state index is 13.2. The highest BCUT2D eigenvalue weighted by molar-refractivity contribution is 6.40. The first-order valence-electron chi connectivity index (χ1n) is 15.7. The zero-order valence-corrected chi connectivity index (χ0v) is 27.1. The molecule has 0 saturated carbocycles. The number of fused-ring (bicyclic) bond motifs is 1. The summed E-state index contributed by atoms with van der Waals surface area (Å²) in [5.41, 5.74) is 2.65. The van der Waals surface area contributed by atoms with Gasteiger partial charge in [-0.25, -0.2) is 13.8 Å². The van der Waals surface area contributed by atoms with Crippen LogP contribution in [-0.2, 0) is 27.8 Å². The Bertz CT molecular complexity index is 1400. The van der Waals surface area contributed by atoms with Crippen LogP contribution in [0.2, 0.25) is 0 Å². The van der Waals surface area contributed by atoms with Gasteiger partial charge >= 0.3 is 0 Å². The highest BCUT2D eigenvalue weighted by atomic mass is 19.1. The van der Waals surface area contributed by atoms with Gasteiger partial charge < -0.3 is 20.6 Å². The van der Waals surface area contributed by atoms with Crippen LogP contribution >= 0.6 is 0 Å². The van der Waals surface area contributed by atoms with E-state index < -0.39 is 17.8 Å². The summed E-state index contributed by atoms with van der Waals surface area (Å²) in [6.07, 6.45) is 8.57. The predicted molar refractivity (Wildman–Crippen MR) is 173 cm³/mol. The number of aliphatic hydroxyl groups excluding tert-OH is 1. The molecule has 11 heteroatoms. The molecule has 0 saturated heterocycles. The Kier molecular flexibility index (Phi) is 12.9. The largest absolute Gasteiger partial charge is 0.372 e. The average Bonchev–Trinajstić information content (AvgIpc) is 3.48. The second-order valence-electron chi connectivity index (χ2n) is 11.3. The summed E-state index contributed by atoms with van der Waals surface area (Å²) in [7, 11) is 0. The molecule has 0 bridgehead atoms. The first-order chi connectivity index (χ1) is 21.5. The minimum absolute atomic E-state index is 0.0313. The van der Waals surface area contributed by atoms with Crippen molar-refractivity contribution in [3.8, 4) is 0 Å². The van der Waals surface area contributed by atoms with Crippen LogP contribution in [0.4, 0.5) is 14.6 Å². The van der Waals surface area contributed by atoms with Gasteiger partial charge in [-0.05, 0) is 68.0 Å². The lowest BCUT2D eigenvalue weighted by molar-refractivity contribution is -0.126. The van der Waals surface area contributed by atoms with Crippen molar-refractivity contribution in [1.29, 1.82) is 0 Å². The zero-order valence-electron chi connectivity index (χ0n) is 27.1. The van der Waals surface area contributed by atoms with Crippen molar-refractivity contribution < 1.29 is 23.5 Å². The molecule has 5 rings (SSSR count). The summed E-state index contributed by atoms with van der Waals surface area (Å²) in [4.78, 5) is 40.5. The van der Waals surface area contributed by atoms with Crippen LogP contribution in [0.1, 0.15) is 71.1 Å². The molecule has 2 amide bonds. The van der Waals surface area contributed by atoms with E-state index in [1.54, 1.807) is 23.5 Å². The molecule has 45 heavy (non-hydrogen) atoms. The summed E-state index contributed by atoms with van der Waals surface area (Å²) < 4.78 is 24.6. The number of nitrogens with one attached hydrogen (secondary N) is 2. The number of pyridine rings is 2. The molecule has 244 valence electrons. The molecular weight excluding hydrogens is 578 g/mol. The van der Waals surface area contributed by atoms with Gasteiger partial charge in [0.2, 0.25) is 5.91 Å². The highest BCUT2D eigenvalue weighted by Gasteiger charge is 2.45. The van der Waals surface area contributed by atoms with Crippen LogP contribution in [0, 0.1) is 5.92 Å². The molecule has 0 radical (unpaired) electrons. The first-order valence-corrected chi connectivity index (χ1v) is 15.7.